The van der Waals surface area contributed by atoms with Gasteiger partial charge in [-0.3, -0.25) is 9.78 Å². The molecule has 1 aliphatic rings. The predicted molar refractivity (Wildman–Crippen MR) is 105 cm³/mol. The van der Waals surface area contributed by atoms with Crippen molar-refractivity contribution in [3.8, 4) is 11.5 Å². The lowest BCUT2D eigenvalue weighted by atomic mass is 9.95. The molecule has 0 aromatic heterocycles. The van der Waals surface area contributed by atoms with E-state index in [2.05, 4.69) is 0 Å². The summed E-state index contributed by atoms with van der Waals surface area (Å²) in [6, 6.07) is 12.9. The SMILES string of the molecule is COc1ccc(C(=O)OOC2CCCCC2OOC(=O)c2ccc(OC)cc2)cc1. The van der Waals surface area contributed by atoms with Crippen LogP contribution >= 0.6 is 0 Å². The summed E-state index contributed by atoms with van der Waals surface area (Å²) in [6.07, 6.45) is 1.92. The number of hydrogen-bond donors (Lipinski definition) is 0. The second kappa shape index (κ2) is 10.6. The molecule has 1 saturated carbocycles. The van der Waals surface area contributed by atoms with Crippen LogP contribution in [0.3, 0.4) is 0 Å². The van der Waals surface area contributed by atoms with Gasteiger partial charge in [0, 0.05) is 0 Å². The summed E-state index contributed by atoms with van der Waals surface area (Å²) in [7, 11) is 3.09. The van der Waals surface area contributed by atoms with E-state index in [4.69, 9.17) is 29.0 Å². The monoisotopic (exact) mass is 416 g/mol. The molecule has 2 aromatic carbocycles. The lowest BCUT2D eigenvalue weighted by Crippen LogP contribution is -2.36. The van der Waals surface area contributed by atoms with Crippen LogP contribution in [0.1, 0.15) is 46.4 Å². The van der Waals surface area contributed by atoms with Gasteiger partial charge in [-0.05, 0) is 61.4 Å². The van der Waals surface area contributed by atoms with Crippen molar-refractivity contribution in [1.29, 1.82) is 0 Å². The number of methoxy groups -OCH3 is 2. The molecule has 0 spiro atoms. The molecule has 2 aromatic rings. The highest BCUT2D eigenvalue weighted by molar-refractivity contribution is 5.89. The van der Waals surface area contributed by atoms with Gasteiger partial charge in [-0.15, -0.1) is 0 Å². The van der Waals surface area contributed by atoms with Crippen LogP contribution < -0.4 is 9.47 Å². The van der Waals surface area contributed by atoms with Crippen molar-refractivity contribution >= 4 is 11.9 Å². The van der Waals surface area contributed by atoms with E-state index in [-0.39, 0.29) is 0 Å². The largest absolute Gasteiger partial charge is 0.497 e. The number of benzene rings is 2. The molecule has 0 amide bonds. The van der Waals surface area contributed by atoms with E-state index < -0.39 is 24.1 Å². The summed E-state index contributed by atoms with van der Waals surface area (Å²) < 4.78 is 10.1. The Labute approximate surface area is 174 Å². The topological polar surface area (TPSA) is 89.5 Å². The van der Waals surface area contributed by atoms with Crippen molar-refractivity contribution in [3.05, 3.63) is 59.7 Å². The quantitative estimate of drug-likeness (QED) is 0.473. The van der Waals surface area contributed by atoms with E-state index in [0.29, 0.717) is 35.5 Å². The number of hydrogen-bond acceptors (Lipinski definition) is 8. The Hall–Kier alpha value is -3.10. The third kappa shape index (κ3) is 5.71. The van der Waals surface area contributed by atoms with Gasteiger partial charge in [-0.25, -0.2) is 9.59 Å². The molecule has 1 fully saturated rings. The van der Waals surface area contributed by atoms with Crippen molar-refractivity contribution in [1.82, 2.24) is 0 Å². The second-order valence-corrected chi connectivity index (χ2v) is 6.75. The van der Waals surface area contributed by atoms with Gasteiger partial charge in [0.2, 0.25) is 0 Å². The molecule has 3 rings (SSSR count). The lowest BCUT2D eigenvalue weighted by molar-refractivity contribution is -0.352. The molecule has 0 heterocycles. The van der Waals surface area contributed by atoms with Crippen molar-refractivity contribution in [2.24, 2.45) is 0 Å². The molecule has 2 unspecified atom stereocenters. The van der Waals surface area contributed by atoms with Crippen LogP contribution in [0.4, 0.5) is 0 Å². The summed E-state index contributed by atoms with van der Waals surface area (Å²) in [5.41, 5.74) is 0.657. The Morgan fingerprint density at radius 1 is 0.667 bits per heavy atom. The smallest absolute Gasteiger partial charge is 0.373 e. The first-order chi connectivity index (χ1) is 14.6. The Balaban J connectivity index is 1.51. The summed E-state index contributed by atoms with van der Waals surface area (Å²) in [6.45, 7) is 0. The van der Waals surface area contributed by atoms with E-state index in [0.717, 1.165) is 12.8 Å². The molecule has 0 saturated heterocycles. The molecular formula is C22H24O8. The summed E-state index contributed by atoms with van der Waals surface area (Å²) in [4.78, 5) is 44.9. The predicted octanol–water partition coefficient (Wildman–Crippen LogP) is 3.89. The Morgan fingerprint density at radius 3 is 1.37 bits per heavy atom. The molecular weight excluding hydrogens is 392 g/mol. The number of rotatable bonds is 8. The molecule has 8 heteroatoms. The second-order valence-electron chi connectivity index (χ2n) is 6.75. The van der Waals surface area contributed by atoms with Gasteiger partial charge in [0.05, 0.1) is 25.3 Å². The maximum absolute atomic E-state index is 12.2. The summed E-state index contributed by atoms with van der Waals surface area (Å²) in [5, 5.41) is 0. The van der Waals surface area contributed by atoms with E-state index in [9.17, 15) is 9.59 Å². The van der Waals surface area contributed by atoms with Crippen LogP contribution in [0.5, 0.6) is 11.5 Å². The molecule has 0 aliphatic heterocycles. The lowest BCUT2D eigenvalue weighted by Gasteiger charge is -2.28. The Kier molecular flexibility index (Phi) is 7.64. The molecule has 2 atom stereocenters. The van der Waals surface area contributed by atoms with E-state index in [1.165, 1.54) is 0 Å². The number of carbonyl (C=O) groups excluding carboxylic acids is 2. The molecule has 30 heavy (non-hydrogen) atoms. The van der Waals surface area contributed by atoms with Gasteiger partial charge < -0.3 is 9.47 Å². The van der Waals surface area contributed by atoms with Crippen LogP contribution in [0, 0.1) is 0 Å². The third-order valence-electron chi connectivity index (χ3n) is 4.79. The fourth-order valence-corrected chi connectivity index (χ4v) is 3.04. The minimum absolute atomic E-state index is 0.329. The van der Waals surface area contributed by atoms with E-state index in [1.807, 2.05) is 0 Å². The number of carbonyl (C=O) groups is 2. The Bertz CT molecular complexity index is 760. The first kappa shape index (κ1) is 21.6. The van der Waals surface area contributed by atoms with Crippen LogP contribution in [-0.4, -0.2) is 38.4 Å². The van der Waals surface area contributed by atoms with Gasteiger partial charge >= 0.3 is 11.9 Å². The van der Waals surface area contributed by atoms with Crippen molar-refractivity contribution in [2.45, 2.75) is 37.9 Å². The van der Waals surface area contributed by atoms with Crippen LogP contribution in [0.15, 0.2) is 48.5 Å². The molecule has 0 N–H and O–H groups in total. The zero-order valence-electron chi connectivity index (χ0n) is 16.9. The van der Waals surface area contributed by atoms with Crippen LogP contribution in [0.25, 0.3) is 0 Å². The average molecular weight is 416 g/mol. The summed E-state index contributed by atoms with van der Waals surface area (Å²) in [5.74, 6) is 0.00758. The fourth-order valence-electron chi connectivity index (χ4n) is 3.04. The fraction of sp³-hybridized carbons (Fsp3) is 0.364. The molecule has 160 valence electrons. The van der Waals surface area contributed by atoms with E-state index in [1.54, 1.807) is 62.8 Å². The van der Waals surface area contributed by atoms with Crippen LogP contribution in [-0.2, 0) is 19.6 Å². The van der Waals surface area contributed by atoms with Gasteiger partial charge in [-0.2, -0.15) is 9.78 Å². The first-order valence-corrected chi connectivity index (χ1v) is 9.64. The number of ether oxygens (including phenoxy) is 2. The minimum Gasteiger partial charge on any atom is -0.497 e. The van der Waals surface area contributed by atoms with Gasteiger partial charge in [0.1, 0.15) is 23.7 Å². The average Bonchev–Trinajstić information content (AvgIpc) is 2.81. The highest BCUT2D eigenvalue weighted by atomic mass is 17.2. The van der Waals surface area contributed by atoms with Gasteiger partial charge in [0.25, 0.3) is 0 Å². The van der Waals surface area contributed by atoms with Crippen molar-refractivity contribution in [3.63, 3.8) is 0 Å². The minimum atomic E-state index is -0.628. The van der Waals surface area contributed by atoms with Gasteiger partial charge in [-0.1, -0.05) is 12.8 Å². The van der Waals surface area contributed by atoms with Crippen molar-refractivity contribution in [2.75, 3.05) is 14.2 Å². The zero-order valence-corrected chi connectivity index (χ0v) is 16.9. The van der Waals surface area contributed by atoms with Crippen LogP contribution in [0.2, 0.25) is 0 Å². The molecule has 1 aliphatic carbocycles. The Morgan fingerprint density at radius 2 is 1.03 bits per heavy atom. The highest BCUT2D eigenvalue weighted by Gasteiger charge is 2.31. The maximum atomic E-state index is 12.2. The van der Waals surface area contributed by atoms with Crippen molar-refractivity contribution < 1.29 is 38.6 Å². The molecule has 0 bridgehead atoms. The molecule has 8 nitrogen and oxygen atoms in total. The highest BCUT2D eigenvalue weighted by Crippen LogP contribution is 2.25. The van der Waals surface area contributed by atoms with E-state index >= 15 is 0 Å². The maximum Gasteiger partial charge on any atom is 0.373 e. The molecule has 0 radical (unpaired) electrons. The standard InChI is InChI=1S/C22H24O8/c1-25-17-11-7-15(8-12-17)21(23)29-27-19-5-3-4-6-20(19)28-30-22(24)16-9-13-18(26-2)14-10-16/h7-14,19-20H,3-6H2,1-2H3. The zero-order chi connectivity index (χ0) is 21.3. The normalized spacial score (nSPS) is 18.3. The van der Waals surface area contributed by atoms with Gasteiger partial charge in [0.15, 0.2) is 0 Å². The third-order valence-corrected chi connectivity index (χ3v) is 4.79. The first-order valence-electron chi connectivity index (χ1n) is 9.64. The summed E-state index contributed by atoms with van der Waals surface area (Å²) >= 11 is 0.